The third-order valence-corrected chi connectivity index (χ3v) is 4.11. The molecule has 0 saturated carbocycles. The zero-order chi connectivity index (χ0) is 13.1. The maximum atomic E-state index is 9.24. The van der Waals surface area contributed by atoms with Crippen molar-refractivity contribution in [1.82, 2.24) is 9.97 Å². The summed E-state index contributed by atoms with van der Waals surface area (Å²) in [5, 5.41) is 12.5. The number of rotatable bonds is 3. The van der Waals surface area contributed by atoms with Crippen molar-refractivity contribution in [2.45, 2.75) is 32.2 Å². The molecule has 4 nitrogen and oxygen atoms in total. The van der Waals surface area contributed by atoms with Crippen LogP contribution in [-0.4, -0.2) is 9.97 Å². The molecule has 3 rings (SSSR count). The summed E-state index contributed by atoms with van der Waals surface area (Å²) in [6, 6.07) is 4.24. The fraction of sp³-hybridized carbons (Fsp3) is 0.357. The lowest BCUT2D eigenvalue weighted by molar-refractivity contribution is 0.668. The van der Waals surface area contributed by atoms with Crippen LogP contribution in [-0.2, 0) is 19.4 Å². The second kappa shape index (κ2) is 5.37. The fourth-order valence-electron chi connectivity index (χ4n) is 2.35. The lowest BCUT2D eigenvalue weighted by Crippen LogP contribution is -2.10. The van der Waals surface area contributed by atoms with Gasteiger partial charge in [0.1, 0.15) is 11.9 Å². The van der Waals surface area contributed by atoms with Crippen molar-refractivity contribution in [3.63, 3.8) is 0 Å². The van der Waals surface area contributed by atoms with Crippen molar-refractivity contribution in [3.05, 3.63) is 39.5 Å². The molecule has 0 aromatic carbocycles. The molecule has 0 atom stereocenters. The summed E-state index contributed by atoms with van der Waals surface area (Å²) < 4.78 is 0. The van der Waals surface area contributed by atoms with Gasteiger partial charge in [-0.15, -0.1) is 11.3 Å². The van der Waals surface area contributed by atoms with Gasteiger partial charge in [0.2, 0.25) is 0 Å². The first-order chi connectivity index (χ1) is 9.36. The summed E-state index contributed by atoms with van der Waals surface area (Å²) in [7, 11) is 0. The molecule has 0 amide bonds. The Labute approximate surface area is 116 Å². The van der Waals surface area contributed by atoms with Gasteiger partial charge >= 0.3 is 0 Å². The molecule has 96 valence electrons. The van der Waals surface area contributed by atoms with Crippen molar-refractivity contribution in [2.75, 3.05) is 5.32 Å². The van der Waals surface area contributed by atoms with Crippen LogP contribution < -0.4 is 5.32 Å². The molecule has 0 saturated heterocycles. The van der Waals surface area contributed by atoms with E-state index in [1.165, 1.54) is 18.4 Å². The van der Waals surface area contributed by atoms with E-state index in [4.69, 9.17) is 0 Å². The Morgan fingerprint density at radius 2 is 2.26 bits per heavy atom. The number of hydrogen-bond donors (Lipinski definition) is 1. The highest BCUT2D eigenvalue weighted by Crippen LogP contribution is 2.24. The number of aromatic nitrogens is 2. The van der Waals surface area contributed by atoms with Crippen molar-refractivity contribution < 1.29 is 0 Å². The standard InChI is InChI=1S/C14H14N4S/c15-6-11-5-10-3-1-2-4-13(10)18-14(11)17-8-12-7-16-9-19-12/h5,7,9H,1-4,8H2,(H,17,18). The van der Waals surface area contributed by atoms with Crippen LogP contribution in [0.1, 0.15) is 34.5 Å². The molecule has 2 aromatic heterocycles. The van der Waals surface area contributed by atoms with E-state index in [2.05, 4.69) is 21.4 Å². The second-order valence-corrected chi connectivity index (χ2v) is 5.60. The molecule has 5 heteroatoms. The van der Waals surface area contributed by atoms with Gasteiger partial charge in [0.05, 0.1) is 17.6 Å². The zero-order valence-electron chi connectivity index (χ0n) is 10.5. The Balaban J connectivity index is 1.85. The number of nitrogens with one attached hydrogen (secondary N) is 1. The van der Waals surface area contributed by atoms with Crippen LogP contribution in [0.25, 0.3) is 0 Å². The summed E-state index contributed by atoms with van der Waals surface area (Å²) >= 11 is 1.60. The monoisotopic (exact) mass is 270 g/mol. The van der Waals surface area contributed by atoms with Gasteiger partial charge in [0, 0.05) is 16.8 Å². The topological polar surface area (TPSA) is 61.6 Å². The minimum absolute atomic E-state index is 0.644. The van der Waals surface area contributed by atoms with Gasteiger partial charge < -0.3 is 5.32 Å². The summed E-state index contributed by atoms with van der Waals surface area (Å²) in [6.45, 7) is 0.672. The minimum Gasteiger partial charge on any atom is -0.364 e. The third-order valence-electron chi connectivity index (χ3n) is 3.33. The predicted molar refractivity (Wildman–Crippen MR) is 75.0 cm³/mol. The number of nitrogens with zero attached hydrogens (tertiary/aromatic N) is 3. The molecule has 0 aliphatic heterocycles. The molecular formula is C14H14N4S. The van der Waals surface area contributed by atoms with Gasteiger partial charge in [-0.1, -0.05) is 0 Å². The molecule has 0 fully saturated rings. The van der Waals surface area contributed by atoms with E-state index in [-0.39, 0.29) is 0 Å². The number of fused-ring (bicyclic) bond motifs is 1. The number of aryl methyl sites for hydroxylation is 2. The van der Waals surface area contributed by atoms with Crippen LogP contribution in [0.4, 0.5) is 5.82 Å². The van der Waals surface area contributed by atoms with Gasteiger partial charge in [-0.2, -0.15) is 5.26 Å². The van der Waals surface area contributed by atoms with Crippen molar-refractivity contribution >= 4 is 17.2 Å². The molecule has 1 aliphatic rings. The Hall–Kier alpha value is -1.93. The Morgan fingerprint density at radius 3 is 3.05 bits per heavy atom. The first-order valence-corrected chi connectivity index (χ1v) is 7.29. The van der Waals surface area contributed by atoms with Gasteiger partial charge in [0.15, 0.2) is 0 Å². The number of thiazole rings is 1. The first-order valence-electron chi connectivity index (χ1n) is 6.41. The van der Waals surface area contributed by atoms with Crippen LogP contribution in [0.15, 0.2) is 17.8 Å². The second-order valence-electron chi connectivity index (χ2n) is 4.63. The number of hydrogen-bond acceptors (Lipinski definition) is 5. The molecule has 0 unspecified atom stereocenters. The van der Waals surface area contributed by atoms with Crippen LogP contribution in [0.5, 0.6) is 0 Å². The smallest absolute Gasteiger partial charge is 0.144 e. The van der Waals surface area contributed by atoms with Crippen LogP contribution >= 0.6 is 11.3 Å². The van der Waals surface area contributed by atoms with Gasteiger partial charge in [0.25, 0.3) is 0 Å². The van der Waals surface area contributed by atoms with E-state index in [9.17, 15) is 5.26 Å². The molecule has 0 spiro atoms. The average molecular weight is 270 g/mol. The largest absolute Gasteiger partial charge is 0.364 e. The lowest BCUT2D eigenvalue weighted by atomic mass is 9.95. The van der Waals surface area contributed by atoms with Crippen LogP contribution in [0, 0.1) is 11.3 Å². The summed E-state index contributed by atoms with van der Waals surface area (Å²) in [4.78, 5) is 9.82. The molecule has 2 aromatic rings. The quantitative estimate of drug-likeness (QED) is 0.931. The average Bonchev–Trinajstić information content (AvgIpc) is 2.97. The van der Waals surface area contributed by atoms with Crippen LogP contribution in [0.3, 0.4) is 0 Å². The first kappa shape index (κ1) is 12.1. The maximum absolute atomic E-state index is 9.24. The Kier molecular flexibility index (Phi) is 3.43. The SMILES string of the molecule is N#Cc1cc2c(nc1NCc1cncs1)CCCC2. The Bertz CT molecular complexity index is 613. The third kappa shape index (κ3) is 2.59. The van der Waals surface area contributed by atoms with E-state index >= 15 is 0 Å². The molecule has 0 bridgehead atoms. The molecule has 1 aliphatic carbocycles. The van der Waals surface area contributed by atoms with E-state index in [0.717, 1.165) is 23.4 Å². The highest BCUT2D eigenvalue weighted by Gasteiger charge is 2.15. The molecular weight excluding hydrogens is 256 g/mol. The van der Waals surface area contributed by atoms with Crippen LogP contribution in [0.2, 0.25) is 0 Å². The highest BCUT2D eigenvalue weighted by molar-refractivity contribution is 7.09. The van der Waals surface area contributed by atoms with Gasteiger partial charge in [-0.25, -0.2) is 4.98 Å². The van der Waals surface area contributed by atoms with E-state index in [1.807, 2.05) is 17.8 Å². The van der Waals surface area contributed by atoms with Crippen molar-refractivity contribution in [2.24, 2.45) is 0 Å². The molecule has 1 N–H and O–H groups in total. The summed E-state index contributed by atoms with van der Waals surface area (Å²) in [5.74, 6) is 0.705. The predicted octanol–water partition coefficient (Wildman–Crippen LogP) is 2.90. The van der Waals surface area contributed by atoms with E-state index in [1.54, 1.807) is 11.3 Å². The summed E-state index contributed by atoms with van der Waals surface area (Å²) in [5.41, 5.74) is 4.84. The van der Waals surface area contributed by atoms with Gasteiger partial charge in [-0.05, 0) is 37.3 Å². The summed E-state index contributed by atoms with van der Waals surface area (Å²) in [6.07, 6.45) is 6.30. The molecule has 19 heavy (non-hydrogen) atoms. The lowest BCUT2D eigenvalue weighted by Gasteiger charge is -2.17. The van der Waals surface area contributed by atoms with E-state index < -0.39 is 0 Å². The van der Waals surface area contributed by atoms with Crippen molar-refractivity contribution in [3.8, 4) is 6.07 Å². The normalized spacial score (nSPS) is 13.6. The van der Waals surface area contributed by atoms with Gasteiger partial charge in [-0.3, -0.25) is 4.98 Å². The molecule has 2 heterocycles. The minimum atomic E-state index is 0.644. The zero-order valence-corrected chi connectivity index (χ0v) is 11.3. The van der Waals surface area contributed by atoms with Crippen molar-refractivity contribution in [1.29, 1.82) is 5.26 Å². The molecule has 0 radical (unpaired) electrons. The Morgan fingerprint density at radius 1 is 1.37 bits per heavy atom. The number of pyridine rings is 1. The van der Waals surface area contributed by atoms with E-state index in [0.29, 0.717) is 17.9 Å². The fourth-order valence-corrected chi connectivity index (χ4v) is 2.89. The highest BCUT2D eigenvalue weighted by atomic mass is 32.1. The number of anilines is 1. The number of nitriles is 1. The maximum Gasteiger partial charge on any atom is 0.144 e.